The summed E-state index contributed by atoms with van der Waals surface area (Å²) in [4.78, 5) is 15.7. The molecule has 0 saturated carbocycles. The topological polar surface area (TPSA) is 100 Å². The average molecular weight is 311 g/mol. The van der Waals surface area contributed by atoms with Gasteiger partial charge in [0.05, 0.1) is 6.61 Å². The van der Waals surface area contributed by atoms with Crippen molar-refractivity contribution in [2.24, 2.45) is 0 Å². The van der Waals surface area contributed by atoms with Crippen LogP contribution in [-0.2, 0) is 0 Å². The summed E-state index contributed by atoms with van der Waals surface area (Å²) in [6.07, 6.45) is 0. The Morgan fingerprint density at radius 2 is 2.14 bits per heavy atom. The first-order valence-corrected chi connectivity index (χ1v) is 6.72. The largest absolute Gasteiger partial charge is 0.395 e. The van der Waals surface area contributed by atoms with E-state index in [1.807, 2.05) is 0 Å². The van der Waals surface area contributed by atoms with Gasteiger partial charge in [-0.15, -0.1) is 0 Å². The molecule has 1 heterocycles. The lowest BCUT2D eigenvalue weighted by Crippen LogP contribution is -2.38. The smallest absolute Gasteiger partial charge is 0.315 e. The first-order chi connectivity index (χ1) is 10.1. The molecule has 0 radical (unpaired) electrons. The molecule has 3 N–H and O–H groups in total. The molecule has 0 aliphatic heterocycles. The van der Waals surface area contributed by atoms with E-state index in [9.17, 15) is 4.79 Å². The van der Waals surface area contributed by atoms with Gasteiger partial charge >= 0.3 is 6.03 Å². The molecule has 0 fully saturated rings. The van der Waals surface area contributed by atoms with Crippen molar-refractivity contribution in [3.05, 3.63) is 35.2 Å². The summed E-state index contributed by atoms with van der Waals surface area (Å²) < 4.78 is 5.13. The molecule has 0 bridgehead atoms. The van der Waals surface area contributed by atoms with Crippen LogP contribution < -0.4 is 10.6 Å². The van der Waals surface area contributed by atoms with Crippen molar-refractivity contribution >= 4 is 17.6 Å². The van der Waals surface area contributed by atoms with Gasteiger partial charge in [0.2, 0.25) is 11.7 Å². The van der Waals surface area contributed by atoms with Gasteiger partial charge < -0.3 is 20.3 Å². The van der Waals surface area contributed by atoms with Crippen LogP contribution in [0, 0.1) is 0 Å². The summed E-state index contributed by atoms with van der Waals surface area (Å²) in [7, 11) is 0. The summed E-state index contributed by atoms with van der Waals surface area (Å²) in [5, 5.41) is 18.2. The van der Waals surface area contributed by atoms with Crippen LogP contribution in [0.1, 0.15) is 18.9 Å². The lowest BCUT2D eigenvalue weighted by atomic mass is 10.2. The van der Waals surface area contributed by atoms with Gasteiger partial charge in [0.25, 0.3) is 0 Å². The molecule has 2 amide bonds. The van der Waals surface area contributed by atoms with Gasteiger partial charge in [-0.3, -0.25) is 0 Å². The lowest BCUT2D eigenvalue weighted by Gasteiger charge is -2.09. The number of halogens is 1. The van der Waals surface area contributed by atoms with E-state index >= 15 is 0 Å². The van der Waals surface area contributed by atoms with Crippen LogP contribution >= 0.6 is 11.6 Å². The Hall–Kier alpha value is -2.12. The molecular formula is C13H15ClN4O3. The standard InChI is InChI=1S/C13H15ClN4O3/c1-8(16-13(20)15-6-7-19)12-17-11(18-21-12)9-2-4-10(14)5-3-9/h2-5,8,19H,6-7H2,1H3,(H2,15,16,20). The number of urea groups is 1. The molecule has 2 aromatic rings. The number of rotatable bonds is 5. The summed E-state index contributed by atoms with van der Waals surface area (Å²) in [6.45, 7) is 1.78. The molecule has 0 saturated heterocycles. The Morgan fingerprint density at radius 3 is 2.81 bits per heavy atom. The molecule has 1 unspecified atom stereocenters. The molecule has 0 aliphatic carbocycles. The van der Waals surface area contributed by atoms with Gasteiger partial charge in [-0.2, -0.15) is 4.98 Å². The van der Waals surface area contributed by atoms with Gasteiger partial charge in [0.1, 0.15) is 6.04 Å². The van der Waals surface area contributed by atoms with Crippen molar-refractivity contribution in [1.29, 1.82) is 0 Å². The number of aliphatic hydroxyl groups is 1. The molecule has 7 nitrogen and oxygen atoms in total. The SMILES string of the molecule is CC(NC(=O)NCCO)c1nc(-c2ccc(Cl)cc2)no1. The Balaban J connectivity index is 2.02. The van der Waals surface area contributed by atoms with Crippen molar-refractivity contribution in [2.45, 2.75) is 13.0 Å². The zero-order chi connectivity index (χ0) is 15.2. The highest BCUT2D eigenvalue weighted by Crippen LogP contribution is 2.20. The van der Waals surface area contributed by atoms with Crippen LogP contribution in [0.15, 0.2) is 28.8 Å². The highest BCUT2D eigenvalue weighted by atomic mass is 35.5. The van der Waals surface area contributed by atoms with Crippen LogP contribution in [0.4, 0.5) is 4.79 Å². The quantitative estimate of drug-likeness (QED) is 0.781. The summed E-state index contributed by atoms with van der Waals surface area (Å²) in [5.41, 5.74) is 0.770. The van der Waals surface area contributed by atoms with Crippen molar-refractivity contribution < 1.29 is 14.4 Å². The third-order valence-electron chi connectivity index (χ3n) is 2.66. The number of carbonyl (C=O) groups is 1. The number of amides is 2. The third-order valence-corrected chi connectivity index (χ3v) is 2.91. The van der Waals surface area contributed by atoms with E-state index in [1.165, 1.54) is 0 Å². The second kappa shape index (κ2) is 7.05. The van der Waals surface area contributed by atoms with Gasteiger partial charge in [0.15, 0.2) is 0 Å². The fourth-order valence-electron chi connectivity index (χ4n) is 1.61. The number of carbonyl (C=O) groups excluding carboxylic acids is 1. The Bertz CT molecular complexity index is 600. The molecule has 8 heteroatoms. The van der Waals surface area contributed by atoms with Crippen LogP contribution in [0.2, 0.25) is 5.02 Å². The van der Waals surface area contributed by atoms with Gasteiger partial charge in [0, 0.05) is 17.1 Å². The molecule has 1 aromatic heterocycles. The van der Waals surface area contributed by atoms with Crippen LogP contribution in [0.3, 0.4) is 0 Å². The van der Waals surface area contributed by atoms with E-state index in [1.54, 1.807) is 31.2 Å². The van der Waals surface area contributed by atoms with Crippen molar-refractivity contribution in [3.63, 3.8) is 0 Å². The van der Waals surface area contributed by atoms with Crippen molar-refractivity contribution in [2.75, 3.05) is 13.2 Å². The summed E-state index contributed by atoms with van der Waals surface area (Å²) in [6, 6.07) is 6.17. The minimum absolute atomic E-state index is 0.122. The van der Waals surface area contributed by atoms with E-state index < -0.39 is 12.1 Å². The molecular weight excluding hydrogens is 296 g/mol. The van der Waals surface area contributed by atoms with Crippen LogP contribution in [0.25, 0.3) is 11.4 Å². The number of aliphatic hydroxyl groups excluding tert-OH is 1. The fourth-order valence-corrected chi connectivity index (χ4v) is 1.73. The number of hydrogen-bond donors (Lipinski definition) is 3. The fraction of sp³-hybridized carbons (Fsp3) is 0.308. The predicted octanol–water partition coefficient (Wildman–Crippen LogP) is 1.74. The predicted molar refractivity (Wildman–Crippen MR) is 76.8 cm³/mol. The van der Waals surface area contributed by atoms with Crippen LogP contribution in [0.5, 0.6) is 0 Å². The Morgan fingerprint density at radius 1 is 1.43 bits per heavy atom. The molecule has 112 valence electrons. The van der Waals surface area contributed by atoms with Gasteiger partial charge in [-0.05, 0) is 31.2 Å². The summed E-state index contributed by atoms with van der Waals surface area (Å²) >= 11 is 5.82. The Labute approximate surface area is 126 Å². The number of nitrogens with one attached hydrogen (secondary N) is 2. The highest BCUT2D eigenvalue weighted by Gasteiger charge is 2.17. The van der Waals surface area contributed by atoms with E-state index in [-0.39, 0.29) is 13.2 Å². The molecule has 1 aromatic carbocycles. The van der Waals surface area contributed by atoms with E-state index in [0.717, 1.165) is 5.56 Å². The lowest BCUT2D eigenvalue weighted by molar-refractivity contribution is 0.228. The maximum atomic E-state index is 11.5. The molecule has 2 rings (SSSR count). The molecule has 0 aliphatic rings. The van der Waals surface area contributed by atoms with E-state index in [2.05, 4.69) is 20.8 Å². The second-order valence-corrected chi connectivity index (χ2v) is 4.75. The van der Waals surface area contributed by atoms with E-state index in [4.69, 9.17) is 21.2 Å². The van der Waals surface area contributed by atoms with Crippen molar-refractivity contribution in [1.82, 2.24) is 20.8 Å². The second-order valence-electron chi connectivity index (χ2n) is 4.31. The van der Waals surface area contributed by atoms with Gasteiger partial charge in [-0.1, -0.05) is 16.8 Å². The summed E-state index contributed by atoms with van der Waals surface area (Å²) in [5.74, 6) is 0.713. The highest BCUT2D eigenvalue weighted by molar-refractivity contribution is 6.30. The molecule has 1 atom stereocenters. The molecule has 21 heavy (non-hydrogen) atoms. The number of nitrogens with zero attached hydrogens (tertiary/aromatic N) is 2. The number of hydrogen-bond acceptors (Lipinski definition) is 5. The number of aromatic nitrogens is 2. The van der Waals surface area contributed by atoms with E-state index in [0.29, 0.717) is 16.7 Å². The normalized spacial score (nSPS) is 12.0. The van der Waals surface area contributed by atoms with Crippen LogP contribution in [-0.4, -0.2) is 34.4 Å². The minimum Gasteiger partial charge on any atom is -0.395 e. The van der Waals surface area contributed by atoms with Gasteiger partial charge in [-0.25, -0.2) is 4.79 Å². The molecule has 0 spiro atoms. The minimum atomic E-state index is -0.447. The van der Waals surface area contributed by atoms with Crippen molar-refractivity contribution in [3.8, 4) is 11.4 Å². The first-order valence-electron chi connectivity index (χ1n) is 6.35. The maximum Gasteiger partial charge on any atom is 0.315 e. The average Bonchev–Trinajstić information content (AvgIpc) is 2.96. The maximum absolute atomic E-state index is 11.5. The first kappa shape index (κ1) is 15.3. The zero-order valence-corrected chi connectivity index (χ0v) is 12.1. The Kier molecular flexibility index (Phi) is 5.13. The number of benzene rings is 1. The zero-order valence-electron chi connectivity index (χ0n) is 11.3. The third kappa shape index (κ3) is 4.17. The monoisotopic (exact) mass is 310 g/mol.